The van der Waals surface area contributed by atoms with E-state index in [-0.39, 0.29) is 0 Å². The molecule has 5 nitrogen and oxygen atoms in total. The molecule has 0 spiro atoms. The Kier molecular flexibility index (Phi) is 5.70. The molecule has 0 atom stereocenters. The fraction of sp³-hybridized carbons (Fsp3) is 0.467. The van der Waals surface area contributed by atoms with E-state index in [0.29, 0.717) is 6.61 Å². The van der Waals surface area contributed by atoms with Crippen molar-refractivity contribution in [3.8, 4) is 0 Å². The van der Waals surface area contributed by atoms with E-state index in [1.165, 1.54) is 5.56 Å². The van der Waals surface area contributed by atoms with Crippen LogP contribution in [-0.2, 0) is 24.2 Å². The molecule has 0 aliphatic heterocycles. The van der Waals surface area contributed by atoms with Crippen LogP contribution in [0.1, 0.15) is 23.9 Å². The molecule has 0 amide bonds. The van der Waals surface area contributed by atoms with Crippen molar-refractivity contribution in [2.24, 2.45) is 0 Å². The lowest BCUT2D eigenvalue weighted by molar-refractivity contribution is 0.199. The standard InChI is InChI=1S/C15H22N4O/c1-3-13-5-4-6-18-15(13)11-19-12-17-10-14(19)9-16-7-8-20-2/h4-6,10,12,16H,3,7-9,11H2,1-2H3. The summed E-state index contributed by atoms with van der Waals surface area (Å²) in [5.41, 5.74) is 3.57. The summed E-state index contributed by atoms with van der Waals surface area (Å²) in [7, 11) is 1.71. The summed E-state index contributed by atoms with van der Waals surface area (Å²) in [5, 5.41) is 3.34. The Bertz CT molecular complexity index is 524. The van der Waals surface area contributed by atoms with Crippen LogP contribution in [0, 0.1) is 0 Å². The Morgan fingerprint density at radius 2 is 2.30 bits per heavy atom. The monoisotopic (exact) mass is 274 g/mol. The maximum absolute atomic E-state index is 5.02. The van der Waals surface area contributed by atoms with Gasteiger partial charge < -0.3 is 14.6 Å². The minimum atomic E-state index is 0.717. The van der Waals surface area contributed by atoms with E-state index in [9.17, 15) is 0 Å². The van der Waals surface area contributed by atoms with Crippen LogP contribution in [0.2, 0.25) is 0 Å². The Hall–Kier alpha value is -1.72. The van der Waals surface area contributed by atoms with E-state index in [2.05, 4.69) is 32.8 Å². The van der Waals surface area contributed by atoms with Crippen molar-refractivity contribution in [3.05, 3.63) is 47.8 Å². The van der Waals surface area contributed by atoms with Gasteiger partial charge in [-0.05, 0) is 18.1 Å². The second kappa shape index (κ2) is 7.77. The van der Waals surface area contributed by atoms with Crippen LogP contribution in [0.15, 0.2) is 30.9 Å². The predicted molar refractivity (Wildman–Crippen MR) is 78.5 cm³/mol. The van der Waals surface area contributed by atoms with Crippen molar-refractivity contribution in [3.63, 3.8) is 0 Å². The molecule has 1 N–H and O–H groups in total. The van der Waals surface area contributed by atoms with Gasteiger partial charge in [0.1, 0.15) is 0 Å². The molecule has 0 unspecified atom stereocenters. The number of nitrogens with one attached hydrogen (secondary N) is 1. The van der Waals surface area contributed by atoms with Crippen LogP contribution < -0.4 is 5.32 Å². The lowest BCUT2D eigenvalue weighted by Gasteiger charge is -2.11. The topological polar surface area (TPSA) is 52.0 Å². The van der Waals surface area contributed by atoms with Gasteiger partial charge >= 0.3 is 0 Å². The number of imidazole rings is 1. The normalized spacial score (nSPS) is 10.9. The SMILES string of the molecule is CCc1cccnc1Cn1cncc1CNCCOC. The molecule has 108 valence electrons. The van der Waals surface area contributed by atoms with Gasteiger partial charge in [0.15, 0.2) is 0 Å². The van der Waals surface area contributed by atoms with E-state index in [1.54, 1.807) is 7.11 Å². The maximum atomic E-state index is 5.02. The molecule has 0 radical (unpaired) electrons. The smallest absolute Gasteiger partial charge is 0.0952 e. The summed E-state index contributed by atoms with van der Waals surface area (Å²) in [6.07, 6.45) is 6.61. The Morgan fingerprint density at radius 1 is 1.40 bits per heavy atom. The van der Waals surface area contributed by atoms with Gasteiger partial charge in [0.2, 0.25) is 0 Å². The molecule has 0 aliphatic carbocycles. The van der Waals surface area contributed by atoms with Gasteiger partial charge in [0.05, 0.1) is 30.9 Å². The summed E-state index contributed by atoms with van der Waals surface area (Å²) in [6.45, 7) is 5.27. The zero-order valence-electron chi connectivity index (χ0n) is 12.2. The first-order chi connectivity index (χ1) is 9.85. The molecular weight excluding hydrogens is 252 g/mol. The third-order valence-corrected chi connectivity index (χ3v) is 3.27. The van der Waals surface area contributed by atoms with Gasteiger partial charge in [0, 0.05) is 32.6 Å². The molecule has 2 aromatic heterocycles. The number of hydrogen-bond acceptors (Lipinski definition) is 4. The quantitative estimate of drug-likeness (QED) is 0.743. The number of hydrogen-bond donors (Lipinski definition) is 1. The Labute approximate surface area is 120 Å². The molecule has 5 heteroatoms. The molecular formula is C15H22N4O. The number of ether oxygens (including phenoxy) is 1. The van der Waals surface area contributed by atoms with Crippen LogP contribution in [0.4, 0.5) is 0 Å². The molecule has 2 heterocycles. The van der Waals surface area contributed by atoms with Crippen molar-refractivity contribution in [2.75, 3.05) is 20.3 Å². The zero-order valence-corrected chi connectivity index (χ0v) is 12.2. The fourth-order valence-electron chi connectivity index (χ4n) is 2.13. The number of aromatic nitrogens is 3. The minimum absolute atomic E-state index is 0.717. The first-order valence-corrected chi connectivity index (χ1v) is 6.96. The second-order valence-corrected chi connectivity index (χ2v) is 4.65. The van der Waals surface area contributed by atoms with E-state index >= 15 is 0 Å². The number of pyridine rings is 1. The highest BCUT2D eigenvalue weighted by atomic mass is 16.5. The van der Waals surface area contributed by atoms with Crippen molar-refractivity contribution in [1.29, 1.82) is 0 Å². The lowest BCUT2D eigenvalue weighted by atomic mass is 10.1. The summed E-state index contributed by atoms with van der Waals surface area (Å²) >= 11 is 0. The van der Waals surface area contributed by atoms with E-state index in [0.717, 1.165) is 37.4 Å². The van der Waals surface area contributed by atoms with Gasteiger partial charge in [-0.3, -0.25) is 4.98 Å². The molecule has 0 saturated heterocycles. The first-order valence-electron chi connectivity index (χ1n) is 6.96. The van der Waals surface area contributed by atoms with Gasteiger partial charge in [0.25, 0.3) is 0 Å². The van der Waals surface area contributed by atoms with Crippen LogP contribution in [0.25, 0.3) is 0 Å². The number of aryl methyl sites for hydroxylation is 1. The van der Waals surface area contributed by atoms with Crippen molar-refractivity contribution in [1.82, 2.24) is 19.9 Å². The predicted octanol–water partition coefficient (Wildman–Crippen LogP) is 1.62. The molecule has 0 bridgehead atoms. The highest BCUT2D eigenvalue weighted by Crippen LogP contribution is 2.10. The first kappa shape index (κ1) is 14.7. The molecule has 0 fully saturated rings. The second-order valence-electron chi connectivity index (χ2n) is 4.65. The van der Waals surface area contributed by atoms with Crippen LogP contribution in [-0.4, -0.2) is 34.8 Å². The maximum Gasteiger partial charge on any atom is 0.0952 e. The van der Waals surface area contributed by atoms with E-state index in [1.807, 2.05) is 24.8 Å². The van der Waals surface area contributed by atoms with E-state index < -0.39 is 0 Å². The largest absolute Gasteiger partial charge is 0.383 e. The van der Waals surface area contributed by atoms with Gasteiger partial charge in [-0.25, -0.2) is 4.98 Å². The third kappa shape index (κ3) is 3.88. The minimum Gasteiger partial charge on any atom is -0.383 e. The van der Waals surface area contributed by atoms with Gasteiger partial charge in [-0.1, -0.05) is 13.0 Å². The third-order valence-electron chi connectivity index (χ3n) is 3.27. The Morgan fingerprint density at radius 3 is 3.10 bits per heavy atom. The average molecular weight is 274 g/mol. The van der Waals surface area contributed by atoms with Crippen LogP contribution >= 0.6 is 0 Å². The molecule has 0 saturated carbocycles. The van der Waals surface area contributed by atoms with Crippen LogP contribution in [0.3, 0.4) is 0 Å². The van der Waals surface area contributed by atoms with Gasteiger partial charge in [-0.2, -0.15) is 0 Å². The summed E-state index contributed by atoms with van der Waals surface area (Å²) in [4.78, 5) is 8.72. The van der Waals surface area contributed by atoms with Crippen molar-refractivity contribution in [2.45, 2.75) is 26.4 Å². The molecule has 0 aliphatic rings. The lowest BCUT2D eigenvalue weighted by Crippen LogP contribution is -2.20. The number of nitrogens with zero attached hydrogens (tertiary/aromatic N) is 3. The molecule has 2 aromatic rings. The summed E-state index contributed by atoms with van der Waals surface area (Å²) in [5.74, 6) is 0. The fourth-order valence-corrected chi connectivity index (χ4v) is 2.13. The highest BCUT2D eigenvalue weighted by molar-refractivity contribution is 5.20. The molecule has 0 aromatic carbocycles. The number of rotatable bonds is 8. The molecule has 20 heavy (non-hydrogen) atoms. The highest BCUT2D eigenvalue weighted by Gasteiger charge is 2.06. The molecule has 2 rings (SSSR count). The van der Waals surface area contributed by atoms with Crippen molar-refractivity contribution < 1.29 is 4.74 Å². The van der Waals surface area contributed by atoms with Crippen LogP contribution in [0.5, 0.6) is 0 Å². The van der Waals surface area contributed by atoms with E-state index in [4.69, 9.17) is 4.74 Å². The zero-order chi connectivity index (χ0) is 14.2. The average Bonchev–Trinajstić information content (AvgIpc) is 2.91. The number of methoxy groups -OCH3 is 1. The Balaban J connectivity index is 2.01. The van der Waals surface area contributed by atoms with Crippen molar-refractivity contribution >= 4 is 0 Å². The summed E-state index contributed by atoms with van der Waals surface area (Å²) < 4.78 is 7.16. The summed E-state index contributed by atoms with van der Waals surface area (Å²) in [6, 6.07) is 4.12. The van der Waals surface area contributed by atoms with Gasteiger partial charge in [-0.15, -0.1) is 0 Å².